The maximum absolute atomic E-state index is 12.4. The van der Waals surface area contributed by atoms with Crippen LogP contribution in [0.25, 0.3) is 0 Å². The van der Waals surface area contributed by atoms with Gasteiger partial charge in [-0.15, -0.1) is 0 Å². The van der Waals surface area contributed by atoms with Gasteiger partial charge in [-0.25, -0.2) is 13.2 Å². The Balaban J connectivity index is 2.62. The third kappa shape index (κ3) is 0.809. The van der Waals surface area contributed by atoms with Gasteiger partial charge in [-0.3, -0.25) is 0 Å². The Bertz CT molecular complexity index is 125. The SMILES string of the molecule is FC1(F)CCC1(F)NCl. The van der Waals surface area contributed by atoms with E-state index in [1.807, 2.05) is 0 Å². The first-order chi connectivity index (χ1) is 4.02. The Labute approximate surface area is 55.3 Å². The molecule has 1 nitrogen and oxygen atoms in total. The predicted octanol–water partition coefficient (Wildman–Crippen LogP) is 1.82. The van der Waals surface area contributed by atoms with Crippen molar-refractivity contribution < 1.29 is 13.2 Å². The summed E-state index contributed by atoms with van der Waals surface area (Å²) in [5.41, 5.74) is 0. The van der Waals surface area contributed by atoms with Crippen molar-refractivity contribution in [2.45, 2.75) is 24.6 Å². The highest BCUT2D eigenvalue weighted by Gasteiger charge is 2.63. The molecular formula is C4H5ClF3N. The zero-order chi connectivity index (χ0) is 7.12. The van der Waals surface area contributed by atoms with Crippen LogP contribution in [-0.2, 0) is 0 Å². The number of halogens is 4. The summed E-state index contributed by atoms with van der Waals surface area (Å²) in [5, 5.41) is 0. The van der Waals surface area contributed by atoms with Gasteiger partial charge in [0.15, 0.2) is 0 Å². The van der Waals surface area contributed by atoms with Crippen LogP contribution in [0.15, 0.2) is 0 Å². The highest BCUT2D eigenvalue weighted by molar-refractivity contribution is 6.13. The van der Waals surface area contributed by atoms with Crippen LogP contribution >= 0.6 is 11.8 Å². The van der Waals surface area contributed by atoms with Crippen LogP contribution in [0.4, 0.5) is 13.2 Å². The van der Waals surface area contributed by atoms with Crippen molar-refractivity contribution in [1.29, 1.82) is 0 Å². The van der Waals surface area contributed by atoms with Crippen molar-refractivity contribution in [1.82, 2.24) is 4.84 Å². The third-order valence-electron chi connectivity index (χ3n) is 1.51. The van der Waals surface area contributed by atoms with E-state index in [1.54, 1.807) is 0 Å². The van der Waals surface area contributed by atoms with Crippen LogP contribution in [0, 0.1) is 0 Å². The van der Waals surface area contributed by atoms with Crippen molar-refractivity contribution in [3.05, 3.63) is 0 Å². The van der Waals surface area contributed by atoms with Crippen molar-refractivity contribution in [2.24, 2.45) is 0 Å². The first kappa shape index (κ1) is 7.15. The Morgan fingerprint density at radius 3 is 1.78 bits per heavy atom. The fraction of sp³-hybridized carbons (Fsp3) is 1.00. The Morgan fingerprint density at radius 1 is 1.22 bits per heavy atom. The molecule has 1 rings (SSSR count). The van der Waals surface area contributed by atoms with Crippen LogP contribution in [0.1, 0.15) is 12.8 Å². The second kappa shape index (κ2) is 1.76. The molecule has 0 aromatic rings. The molecule has 0 amide bonds. The molecule has 1 unspecified atom stereocenters. The molecule has 0 heterocycles. The van der Waals surface area contributed by atoms with E-state index in [0.717, 1.165) is 0 Å². The van der Waals surface area contributed by atoms with E-state index in [2.05, 4.69) is 0 Å². The minimum Gasteiger partial charge on any atom is -0.219 e. The average Bonchev–Trinajstić information content (AvgIpc) is 1.84. The largest absolute Gasteiger partial charge is 0.295 e. The van der Waals surface area contributed by atoms with Gasteiger partial charge in [-0.1, -0.05) is 0 Å². The zero-order valence-electron chi connectivity index (χ0n) is 4.43. The van der Waals surface area contributed by atoms with E-state index in [1.165, 1.54) is 4.84 Å². The zero-order valence-corrected chi connectivity index (χ0v) is 5.18. The molecule has 9 heavy (non-hydrogen) atoms. The average molecular weight is 160 g/mol. The Morgan fingerprint density at radius 2 is 1.78 bits per heavy atom. The summed E-state index contributed by atoms with van der Waals surface area (Å²) in [6, 6.07) is 0. The molecular weight excluding hydrogens is 154 g/mol. The van der Waals surface area contributed by atoms with E-state index in [9.17, 15) is 13.2 Å². The molecule has 0 bridgehead atoms. The Hall–Kier alpha value is 0.0400. The van der Waals surface area contributed by atoms with E-state index in [4.69, 9.17) is 11.8 Å². The van der Waals surface area contributed by atoms with Crippen molar-refractivity contribution in [2.75, 3.05) is 0 Å². The van der Waals surface area contributed by atoms with Crippen LogP contribution in [0.3, 0.4) is 0 Å². The molecule has 0 spiro atoms. The molecule has 0 saturated heterocycles. The summed E-state index contributed by atoms with van der Waals surface area (Å²) in [7, 11) is 0. The first-order valence-electron chi connectivity index (χ1n) is 2.46. The topological polar surface area (TPSA) is 12.0 Å². The Kier molecular flexibility index (Phi) is 1.40. The second-order valence-electron chi connectivity index (χ2n) is 2.10. The summed E-state index contributed by atoms with van der Waals surface area (Å²) in [5.74, 6) is -5.94. The molecule has 1 saturated carbocycles. The van der Waals surface area contributed by atoms with Gasteiger partial charge in [-0.2, -0.15) is 4.84 Å². The minimum absolute atomic E-state index is 0.219. The van der Waals surface area contributed by atoms with Gasteiger partial charge in [0.1, 0.15) is 0 Å². The summed E-state index contributed by atoms with van der Waals surface area (Å²) in [4.78, 5) is 1.42. The lowest BCUT2D eigenvalue weighted by molar-refractivity contribution is -0.216. The predicted molar refractivity (Wildman–Crippen MR) is 27.0 cm³/mol. The molecule has 0 aromatic heterocycles. The lowest BCUT2D eigenvalue weighted by atomic mass is 9.86. The van der Waals surface area contributed by atoms with Crippen molar-refractivity contribution in [3.8, 4) is 0 Å². The lowest BCUT2D eigenvalue weighted by Crippen LogP contribution is -2.60. The van der Waals surface area contributed by atoms with Crippen molar-refractivity contribution >= 4 is 11.8 Å². The molecule has 1 aliphatic carbocycles. The molecule has 1 atom stereocenters. The molecule has 1 aliphatic rings. The molecule has 0 radical (unpaired) electrons. The number of rotatable bonds is 1. The highest BCUT2D eigenvalue weighted by atomic mass is 35.5. The van der Waals surface area contributed by atoms with Crippen molar-refractivity contribution in [3.63, 3.8) is 0 Å². The quantitative estimate of drug-likeness (QED) is 0.455. The van der Waals surface area contributed by atoms with Gasteiger partial charge in [0.25, 0.3) is 5.92 Å². The summed E-state index contributed by atoms with van der Waals surface area (Å²) in [6.07, 6.45) is -0.646. The monoisotopic (exact) mass is 159 g/mol. The lowest BCUT2D eigenvalue weighted by Gasteiger charge is -2.40. The summed E-state index contributed by atoms with van der Waals surface area (Å²) < 4.78 is 36.6. The van der Waals surface area contributed by atoms with E-state index in [0.29, 0.717) is 0 Å². The molecule has 1 N–H and O–H groups in total. The number of hydrogen-bond donors (Lipinski definition) is 1. The smallest absolute Gasteiger partial charge is 0.219 e. The maximum Gasteiger partial charge on any atom is 0.295 e. The maximum atomic E-state index is 12.4. The summed E-state index contributed by atoms with van der Waals surface area (Å²) >= 11 is 4.72. The van der Waals surface area contributed by atoms with E-state index >= 15 is 0 Å². The van der Waals surface area contributed by atoms with E-state index in [-0.39, 0.29) is 6.42 Å². The van der Waals surface area contributed by atoms with Gasteiger partial charge >= 0.3 is 0 Å². The molecule has 1 fully saturated rings. The molecule has 54 valence electrons. The normalized spacial score (nSPS) is 40.0. The third-order valence-corrected chi connectivity index (χ3v) is 1.81. The number of alkyl halides is 3. The fourth-order valence-corrected chi connectivity index (χ4v) is 0.883. The first-order valence-corrected chi connectivity index (χ1v) is 2.84. The van der Waals surface area contributed by atoms with Gasteiger partial charge in [0, 0.05) is 12.8 Å². The van der Waals surface area contributed by atoms with Gasteiger partial charge in [-0.05, 0) is 11.8 Å². The minimum atomic E-state index is -3.28. The second-order valence-corrected chi connectivity index (χ2v) is 2.29. The number of nitrogens with one attached hydrogen (secondary N) is 1. The van der Waals surface area contributed by atoms with Gasteiger partial charge in [0.2, 0.25) is 5.79 Å². The van der Waals surface area contributed by atoms with Crippen LogP contribution < -0.4 is 4.84 Å². The standard InChI is InChI=1S/C4H5ClF3N/c5-9-4(8)2-1-3(4,6)7/h9H,1-2H2. The van der Waals surface area contributed by atoms with Crippen LogP contribution in [-0.4, -0.2) is 11.7 Å². The fourth-order valence-electron chi connectivity index (χ4n) is 0.650. The summed E-state index contributed by atoms with van der Waals surface area (Å²) in [6.45, 7) is 0. The molecule has 0 aliphatic heterocycles. The number of hydrogen-bond acceptors (Lipinski definition) is 1. The van der Waals surface area contributed by atoms with Gasteiger partial charge in [0.05, 0.1) is 0 Å². The highest BCUT2D eigenvalue weighted by Crippen LogP contribution is 2.48. The molecule has 5 heteroatoms. The molecule has 0 aromatic carbocycles. The van der Waals surface area contributed by atoms with Crippen LogP contribution in [0.2, 0.25) is 0 Å². The van der Waals surface area contributed by atoms with E-state index < -0.39 is 18.1 Å². The van der Waals surface area contributed by atoms with Gasteiger partial charge < -0.3 is 0 Å². The van der Waals surface area contributed by atoms with Crippen LogP contribution in [0.5, 0.6) is 0 Å².